The predicted molar refractivity (Wildman–Crippen MR) is 90.7 cm³/mol. The molecule has 0 saturated carbocycles. The zero-order valence-electron chi connectivity index (χ0n) is 14.5. The molecular weight excluding hydrogens is 304 g/mol. The summed E-state index contributed by atoms with van der Waals surface area (Å²) in [7, 11) is 0. The summed E-state index contributed by atoms with van der Waals surface area (Å²) in [5, 5.41) is 23.0. The summed E-state index contributed by atoms with van der Waals surface area (Å²) >= 11 is 0. The maximum absolute atomic E-state index is 12.5. The summed E-state index contributed by atoms with van der Waals surface area (Å²) in [5.74, 6) is 0.563. The molecule has 1 amide bonds. The minimum Gasteiger partial charge on any atom is -0.392 e. The number of aliphatic hydroxyl groups is 1. The summed E-state index contributed by atoms with van der Waals surface area (Å²) in [5.41, 5.74) is 2.64. The highest BCUT2D eigenvalue weighted by molar-refractivity contribution is 5.85. The molecular formula is C18H24N4O2. The van der Waals surface area contributed by atoms with Gasteiger partial charge in [-0.05, 0) is 51.2 Å². The fraction of sp³-hybridized carbons (Fsp3) is 0.611. The van der Waals surface area contributed by atoms with Crippen molar-refractivity contribution < 1.29 is 9.90 Å². The van der Waals surface area contributed by atoms with Gasteiger partial charge in [-0.2, -0.15) is 5.26 Å². The van der Waals surface area contributed by atoms with E-state index in [0.717, 1.165) is 23.2 Å². The van der Waals surface area contributed by atoms with Gasteiger partial charge in [0.2, 0.25) is 5.91 Å². The third kappa shape index (κ3) is 2.44. The number of amides is 1. The van der Waals surface area contributed by atoms with Gasteiger partial charge in [0.25, 0.3) is 0 Å². The number of aryl methyl sites for hydroxylation is 1. The third-order valence-electron chi connectivity index (χ3n) is 5.71. The van der Waals surface area contributed by atoms with Gasteiger partial charge in [-0.3, -0.25) is 4.79 Å². The van der Waals surface area contributed by atoms with E-state index in [1.54, 1.807) is 0 Å². The molecule has 0 aliphatic carbocycles. The summed E-state index contributed by atoms with van der Waals surface area (Å²) in [4.78, 5) is 19.2. The van der Waals surface area contributed by atoms with Crippen LogP contribution >= 0.6 is 0 Å². The first-order chi connectivity index (χ1) is 11.4. The van der Waals surface area contributed by atoms with E-state index in [1.807, 2.05) is 25.7 Å². The van der Waals surface area contributed by atoms with Gasteiger partial charge >= 0.3 is 0 Å². The van der Waals surface area contributed by atoms with Gasteiger partial charge in [-0.15, -0.1) is 0 Å². The Labute approximate surface area is 142 Å². The molecule has 3 rings (SSSR count). The van der Waals surface area contributed by atoms with Crippen LogP contribution in [0.15, 0.2) is 0 Å². The van der Waals surface area contributed by atoms with Crippen LogP contribution in [-0.2, 0) is 4.79 Å². The second-order valence-electron chi connectivity index (χ2n) is 7.00. The zero-order chi connectivity index (χ0) is 17.5. The number of hydrogen-bond donors (Lipinski definition) is 2. The van der Waals surface area contributed by atoms with E-state index in [9.17, 15) is 15.2 Å². The Morgan fingerprint density at radius 1 is 1.38 bits per heavy atom. The molecule has 0 unspecified atom stereocenters. The van der Waals surface area contributed by atoms with Crippen LogP contribution in [0.4, 0.5) is 5.82 Å². The normalized spacial score (nSPS) is 27.0. The van der Waals surface area contributed by atoms with E-state index in [2.05, 4.69) is 16.4 Å². The monoisotopic (exact) mass is 328 g/mol. The first kappa shape index (κ1) is 16.7. The number of pyridine rings is 1. The van der Waals surface area contributed by atoms with E-state index in [4.69, 9.17) is 0 Å². The van der Waals surface area contributed by atoms with E-state index in [1.165, 1.54) is 0 Å². The Morgan fingerprint density at radius 2 is 2.12 bits per heavy atom. The quantitative estimate of drug-likeness (QED) is 0.812. The number of anilines is 1. The molecule has 6 nitrogen and oxygen atoms in total. The van der Waals surface area contributed by atoms with E-state index >= 15 is 0 Å². The standard InChI is InChI=1S/C18H24N4O2/c1-11-12(2)14(9-19)16(21-13(11)3)22-8-5-15(23)18(10-22)6-4-7-20-17(18)24/h15,23H,4-8,10H2,1-3H3,(H,20,24)/t15-,18+/m0/s1. The van der Waals surface area contributed by atoms with Gasteiger partial charge in [-0.1, -0.05) is 0 Å². The van der Waals surface area contributed by atoms with Gasteiger partial charge in [0.15, 0.2) is 0 Å². The molecule has 2 saturated heterocycles. The molecule has 2 N–H and O–H groups in total. The Hall–Kier alpha value is -2.13. The minimum atomic E-state index is -0.794. The van der Waals surface area contributed by atoms with Crippen LogP contribution in [0.2, 0.25) is 0 Å². The first-order valence-corrected chi connectivity index (χ1v) is 8.50. The lowest BCUT2D eigenvalue weighted by molar-refractivity contribution is -0.142. The van der Waals surface area contributed by atoms with Gasteiger partial charge in [-0.25, -0.2) is 4.98 Å². The number of nitrogens with zero attached hydrogens (tertiary/aromatic N) is 3. The highest BCUT2D eigenvalue weighted by Gasteiger charge is 2.50. The second-order valence-corrected chi connectivity index (χ2v) is 7.00. The topological polar surface area (TPSA) is 89.2 Å². The largest absolute Gasteiger partial charge is 0.392 e. The predicted octanol–water partition coefficient (Wildman–Crippen LogP) is 1.35. The van der Waals surface area contributed by atoms with Gasteiger partial charge < -0.3 is 15.3 Å². The lowest BCUT2D eigenvalue weighted by Crippen LogP contribution is -2.61. The molecule has 24 heavy (non-hydrogen) atoms. The minimum absolute atomic E-state index is 0.0787. The summed E-state index contributed by atoms with van der Waals surface area (Å²) in [6.07, 6.45) is 1.39. The van der Waals surface area contributed by atoms with Gasteiger partial charge in [0, 0.05) is 25.3 Å². The fourth-order valence-corrected chi connectivity index (χ4v) is 3.91. The number of aromatic nitrogens is 1. The van der Waals surface area contributed by atoms with Crippen LogP contribution in [0.3, 0.4) is 0 Å². The molecule has 0 radical (unpaired) electrons. The number of carbonyl (C=O) groups excluding carboxylic acids is 1. The van der Waals surface area contributed by atoms with Crippen LogP contribution in [0.1, 0.15) is 41.6 Å². The Bertz CT molecular complexity index is 725. The zero-order valence-corrected chi connectivity index (χ0v) is 14.5. The SMILES string of the molecule is Cc1nc(N2CC[C@H](O)[C@@]3(CCCNC3=O)C2)c(C#N)c(C)c1C. The number of piperidine rings is 2. The molecule has 3 heterocycles. The summed E-state index contributed by atoms with van der Waals surface area (Å²) in [6.45, 7) is 7.52. The number of carbonyl (C=O) groups is 1. The van der Waals surface area contributed by atoms with E-state index in [0.29, 0.717) is 43.9 Å². The van der Waals surface area contributed by atoms with E-state index < -0.39 is 11.5 Å². The summed E-state index contributed by atoms with van der Waals surface area (Å²) < 4.78 is 0. The molecule has 128 valence electrons. The maximum Gasteiger partial charge on any atom is 0.230 e. The van der Waals surface area contributed by atoms with Crippen LogP contribution in [0.5, 0.6) is 0 Å². The smallest absolute Gasteiger partial charge is 0.230 e. The maximum atomic E-state index is 12.5. The number of aliphatic hydroxyl groups excluding tert-OH is 1. The number of rotatable bonds is 1. The van der Waals surface area contributed by atoms with Crippen molar-refractivity contribution in [1.82, 2.24) is 10.3 Å². The molecule has 1 aromatic rings. The van der Waals surface area contributed by atoms with Crippen LogP contribution in [0.25, 0.3) is 0 Å². The Morgan fingerprint density at radius 3 is 2.79 bits per heavy atom. The van der Waals surface area contributed by atoms with Crippen LogP contribution < -0.4 is 10.2 Å². The molecule has 2 atom stereocenters. The van der Waals surface area contributed by atoms with Crippen molar-refractivity contribution in [2.75, 3.05) is 24.5 Å². The van der Waals surface area contributed by atoms with Gasteiger partial charge in [0.1, 0.15) is 11.9 Å². The van der Waals surface area contributed by atoms with E-state index in [-0.39, 0.29) is 5.91 Å². The van der Waals surface area contributed by atoms with Gasteiger partial charge in [0.05, 0.1) is 17.1 Å². The highest BCUT2D eigenvalue weighted by Crippen LogP contribution is 2.39. The number of hydrogen-bond acceptors (Lipinski definition) is 5. The number of nitrogens with one attached hydrogen (secondary N) is 1. The molecule has 0 bridgehead atoms. The van der Waals surface area contributed by atoms with Crippen LogP contribution in [-0.4, -0.2) is 41.7 Å². The Kier molecular flexibility index (Phi) is 4.22. The average Bonchev–Trinajstić information content (AvgIpc) is 2.57. The second kappa shape index (κ2) is 6.06. The molecule has 2 fully saturated rings. The molecule has 2 aliphatic rings. The number of nitriles is 1. The fourth-order valence-electron chi connectivity index (χ4n) is 3.91. The molecule has 2 aliphatic heterocycles. The lowest BCUT2D eigenvalue weighted by Gasteiger charge is -2.47. The average molecular weight is 328 g/mol. The highest BCUT2D eigenvalue weighted by atomic mass is 16.3. The van der Waals surface area contributed by atoms with Crippen molar-refractivity contribution in [2.24, 2.45) is 5.41 Å². The van der Waals surface area contributed by atoms with Crippen molar-refractivity contribution in [3.05, 3.63) is 22.4 Å². The molecule has 0 aromatic carbocycles. The molecule has 6 heteroatoms. The third-order valence-corrected chi connectivity index (χ3v) is 5.71. The molecule has 1 spiro atoms. The van der Waals surface area contributed by atoms with Crippen molar-refractivity contribution in [1.29, 1.82) is 5.26 Å². The van der Waals surface area contributed by atoms with Crippen molar-refractivity contribution >= 4 is 11.7 Å². The first-order valence-electron chi connectivity index (χ1n) is 8.50. The lowest BCUT2D eigenvalue weighted by atomic mass is 9.71. The van der Waals surface area contributed by atoms with Crippen molar-refractivity contribution in [3.63, 3.8) is 0 Å². The van der Waals surface area contributed by atoms with Crippen LogP contribution in [0, 0.1) is 37.5 Å². The summed E-state index contributed by atoms with van der Waals surface area (Å²) in [6, 6.07) is 2.28. The van der Waals surface area contributed by atoms with Crippen molar-refractivity contribution in [3.8, 4) is 6.07 Å². The molecule has 1 aromatic heterocycles. The Balaban J connectivity index is 2.02. The van der Waals surface area contributed by atoms with Crippen molar-refractivity contribution in [2.45, 2.75) is 46.1 Å².